The zero-order valence-electron chi connectivity index (χ0n) is 15.7. The summed E-state index contributed by atoms with van der Waals surface area (Å²) in [6, 6.07) is 18.8. The van der Waals surface area contributed by atoms with Crippen molar-refractivity contribution in [1.29, 1.82) is 0 Å². The number of nitrogens with zero attached hydrogens (tertiary/aromatic N) is 1. The second-order valence-corrected chi connectivity index (χ2v) is 7.09. The predicted molar refractivity (Wildman–Crippen MR) is 110 cm³/mol. The Morgan fingerprint density at radius 1 is 1.04 bits per heavy atom. The summed E-state index contributed by atoms with van der Waals surface area (Å²) in [5.41, 5.74) is -0.728. The highest BCUT2D eigenvalue weighted by molar-refractivity contribution is 9.08. The van der Waals surface area contributed by atoms with Crippen LogP contribution >= 0.6 is 15.9 Å². The van der Waals surface area contributed by atoms with Crippen LogP contribution < -0.4 is 0 Å². The quantitative estimate of drug-likeness (QED) is 0.591. The molecule has 3 unspecified atom stereocenters. The molecule has 0 radical (unpaired) electrons. The number of esters is 1. The topological polar surface area (TPSA) is 49.8 Å². The second kappa shape index (κ2) is 8.55. The molecule has 4 nitrogen and oxygen atoms in total. The Morgan fingerprint density at radius 2 is 1.56 bits per heavy atom. The van der Waals surface area contributed by atoms with Gasteiger partial charge in [-0.25, -0.2) is 4.79 Å². The number of alkyl halides is 1. The van der Waals surface area contributed by atoms with Crippen molar-refractivity contribution in [2.75, 3.05) is 12.9 Å². The highest BCUT2D eigenvalue weighted by atomic mass is 79.9. The number of fused-ring (bicyclic) bond motifs is 2. The van der Waals surface area contributed by atoms with E-state index in [0.717, 1.165) is 19.3 Å². The number of carbonyl (C=O) groups is 1. The average molecular weight is 432 g/mol. The van der Waals surface area contributed by atoms with Gasteiger partial charge >= 0.3 is 5.97 Å². The summed E-state index contributed by atoms with van der Waals surface area (Å²) in [4.78, 5) is 15.4. The van der Waals surface area contributed by atoms with Crippen molar-refractivity contribution in [3.63, 3.8) is 0 Å². The molecule has 2 bridgehead atoms. The lowest BCUT2D eigenvalue weighted by Gasteiger charge is -2.30. The van der Waals surface area contributed by atoms with Gasteiger partial charge in [0, 0.05) is 18.5 Å². The standard InChI is InChI=1S/C21H23NO3.CH3Br/c1-22-17-12-13-18(22)19(14-17)25-20(23)21(24,15-8-4-2-5-9-15)16-10-6-3-7-11-16;1-2/h2-11,17-19,24H,12-14H2,1H3;1H3. The van der Waals surface area contributed by atoms with Gasteiger partial charge in [-0.3, -0.25) is 4.90 Å². The molecule has 0 aromatic heterocycles. The van der Waals surface area contributed by atoms with Crippen LogP contribution in [0, 0.1) is 0 Å². The van der Waals surface area contributed by atoms with E-state index in [1.807, 2.05) is 42.2 Å². The first-order valence-corrected chi connectivity index (χ1v) is 10.8. The third-order valence-corrected chi connectivity index (χ3v) is 5.77. The molecular formula is C22H26BrNO3. The van der Waals surface area contributed by atoms with Gasteiger partial charge in [0.1, 0.15) is 6.10 Å². The molecule has 3 atom stereocenters. The fourth-order valence-corrected chi connectivity index (χ4v) is 4.31. The molecule has 2 aromatic carbocycles. The van der Waals surface area contributed by atoms with E-state index in [0.29, 0.717) is 17.2 Å². The molecule has 2 aliphatic rings. The summed E-state index contributed by atoms with van der Waals surface area (Å²) in [7, 11) is 2.09. The highest BCUT2D eigenvalue weighted by Gasteiger charge is 2.49. The molecule has 1 N–H and O–H groups in total. The van der Waals surface area contributed by atoms with Crippen LogP contribution in [0.1, 0.15) is 30.4 Å². The van der Waals surface area contributed by atoms with Gasteiger partial charge in [-0.1, -0.05) is 76.6 Å². The van der Waals surface area contributed by atoms with Crippen molar-refractivity contribution >= 4 is 21.9 Å². The Bertz CT molecular complexity index is 713. The molecule has 2 saturated heterocycles. The van der Waals surface area contributed by atoms with Crippen molar-refractivity contribution < 1.29 is 14.6 Å². The van der Waals surface area contributed by atoms with E-state index in [1.54, 1.807) is 24.3 Å². The van der Waals surface area contributed by atoms with E-state index in [4.69, 9.17) is 4.74 Å². The summed E-state index contributed by atoms with van der Waals surface area (Å²) < 4.78 is 5.86. The number of likely N-dealkylation sites (N-methyl/N-ethyl adjacent to an activating group) is 1. The van der Waals surface area contributed by atoms with Gasteiger partial charge in [0.2, 0.25) is 5.60 Å². The van der Waals surface area contributed by atoms with Gasteiger partial charge in [0.05, 0.1) is 0 Å². The number of hydrogen-bond donors (Lipinski definition) is 1. The van der Waals surface area contributed by atoms with Crippen molar-refractivity contribution in [2.24, 2.45) is 0 Å². The number of ether oxygens (including phenoxy) is 1. The van der Waals surface area contributed by atoms with Crippen molar-refractivity contribution in [3.8, 4) is 0 Å². The molecule has 0 aliphatic carbocycles. The smallest absolute Gasteiger partial charge is 0.348 e. The SMILES string of the molecule is CBr.CN1C2CCC1C(OC(=O)C(O)(c1ccccc1)c1ccccc1)C2. The minimum absolute atomic E-state index is 0.143. The zero-order valence-corrected chi connectivity index (χ0v) is 17.3. The van der Waals surface area contributed by atoms with Gasteiger partial charge in [0.25, 0.3) is 0 Å². The molecule has 0 spiro atoms. The summed E-state index contributed by atoms with van der Waals surface area (Å²) in [5.74, 6) is 1.23. The normalized spacial score (nSPS) is 24.2. The van der Waals surface area contributed by atoms with Crippen LogP contribution in [-0.2, 0) is 15.1 Å². The molecule has 27 heavy (non-hydrogen) atoms. The maximum Gasteiger partial charge on any atom is 0.348 e. The lowest BCUT2D eigenvalue weighted by atomic mass is 9.86. The molecule has 2 aliphatic heterocycles. The Balaban J connectivity index is 0.00000102. The third-order valence-electron chi connectivity index (χ3n) is 5.77. The summed E-state index contributed by atoms with van der Waals surface area (Å²) >= 11 is 2.94. The number of aliphatic hydroxyl groups is 1. The van der Waals surface area contributed by atoms with Crippen LogP contribution in [0.3, 0.4) is 0 Å². The predicted octanol–water partition coefficient (Wildman–Crippen LogP) is 3.71. The van der Waals surface area contributed by atoms with Gasteiger partial charge < -0.3 is 9.84 Å². The highest BCUT2D eigenvalue weighted by Crippen LogP contribution is 2.39. The van der Waals surface area contributed by atoms with Gasteiger partial charge in [-0.2, -0.15) is 0 Å². The maximum atomic E-state index is 13.1. The van der Waals surface area contributed by atoms with Crippen LogP contribution in [0.2, 0.25) is 0 Å². The number of rotatable bonds is 4. The van der Waals surface area contributed by atoms with E-state index in [-0.39, 0.29) is 12.1 Å². The van der Waals surface area contributed by atoms with Crippen LogP contribution in [0.5, 0.6) is 0 Å². The average Bonchev–Trinajstić information content (AvgIpc) is 3.24. The Labute approximate surface area is 169 Å². The zero-order chi connectivity index (χ0) is 19.4. The second-order valence-electron chi connectivity index (χ2n) is 7.09. The molecule has 5 heteroatoms. The monoisotopic (exact) mass is 431 g/mol. The van der Waals surface area contributed by atoms with Crippen molar-refractivity contribution in [2.45, 2.75) is 43.1 Å². The van der Waals surface area contributed by atoms with Gasteiger partial charge in [0.15, 0.2) is 0 Å². The Kier molecular flexibility index (Phi) is 6.35. The molecule has 0 amide bonds. The van der Waals surface area contributed by atoms with Crippen LogP contribution in [0.4, 0.5) is 0 Å². The molecule has 0 saturated carbocycles. The Morgan fingerprint density at radius 3 is 1.96 bits per heavy atom. The van der Waals surface area contributed by atoms with Crippen molar-refractivity contribution in [1.82, 2.24) is 4.90 Å². The summed E-state index contributed by atoms with van der Waals surface area (Å²) in [6.45, 7) is 0. The maximum absolute atomic E-state index is 13.1. The molecular weight excluding hydrogens is 406 g/mol. The minimum Gasteiger partial charge on any atom is -0.458 e. The van der Waals surface area contributed by atoms with Gasteiger partial charge in [-0.05, 0) is 36.8 Å². The third kappa shape index (κ3) is 3.68. The number of carbonyl (C=O) groups excluding carboxylic acids is 1. The first kappa shape index (κ1) is 20.1. The number of benzene rings is 2. The fraction of sp³-hybridized carbons (Fsp3) is 0.409. The minimum atomic E-state index is -1.79. The number of hydrogen-bond acceptors (Lipinski definition) is 4. The van der Waals surface area contributed by atoms with E-state index in [1.165, 1.54) is 0 Å². The van der Waals surface area contributed by atoms with E-state index in [9.17, 15) is 9.90 Å². The van der Waals surface area contributed by atoms with Gasteiger partial charge in [-0.15, -0.1) is 0 Å². The largest absolute Gasteiger partial charge is 0.458 e. The first-order chi connectivity index (χ1) is 13.1. The number of halogens is 1. The van der Waals surface area contributed by atoms with E-state index < -0.39 is 11.6 Å². The summed E-state index contributed by atoms with van der Waals surface area (Å²) in [6.07, 6.45) is 2.92. The van der Waals surface area contributed by atoms with E-state index in [2.05, 4.69) is 27.9 Å². The Hall–Kier alpha value is -1.69. The molecule has 2 aromatic rings. The molecule has 4 rings (SSSR count). The lowest BCUT2D eigenvalue weighted by molar-refractivity contribution is -0.169. The van der Waals surface area contributed by atoms with Crippen molar-refractivity contribution in [3.05, 3.63) is 71.8 Å². The van der Waals surface area contributed by atoms with Crippen LogP contribution in [0.25, 0.3) is 0 Å². The van der Waals surface area contributed by atoms with E-state index >= 15 is 0 Å². The lowest BCUT2D eigenvalue weighted by Crippen LogP contribution is -2.43. The first-order valence-electron chi connectivity index (χ1n) is 9.25. The molecule has 2 fully saturated rings. The summed E-state index contributed by atoms with van der Waals surface area (Å²) in [5, 5.41) is 11.4. The molecule has 2 heterocycles. The van der Waals surface area contributed by atoms with Crippen LogP contribution in [0.15, 0.2) is 60.7 Å². The molecule has 144 valence electrons. The fourth-order valence-electron chi connectivity index (χ4n) is 4.31. The van der Waals surface area contributed by atoms with Crippen LogP contribution in [-0.4, -0.2) is 47.0 Å².